The first kappa shape index (κ1) is 14.1. The molecule has 0 aliphatic rings. The molecule has 0 fully saturated rings. The monoisotopic (exact) mass is 292 g/mol. The fourth-order valence-electron chi connectivity index (χ4n) is 2.48. The van der Waals surface area contributed by atoms with E-state index in [4.69, 9.17) is 10.5 Å². The second kappa shape index (κ2) is 5.85. The molecule has 0 radical (unpaired) electrons. The van der Waals surface area contributed by atoms with E-state index in [1.165, 1.54) is 0 Å². The van der Waals surface area contributed by atoms with E-state index in [2.05, 4.69) is 4.98 Å². The number of nitrogens with two attached hydrogens (primary N) is 1. The van der Waals surface area contributed by atoms with Crippen LogP contribution in [0.4, 0.5) is 0 Å². The molecule has 0 bridgehead atoms. The summed E-state index contributed by atoms with van der Waals surface area (Å²) in [5, 5.41) is 0.786. The van der Waals surface area contributed by atoms with Gasteiger partial charge in [-0.15, -0.1) is 0 Å². The fourth-order valence-corrected chi connectivity index (χ4v) is 2.48. The zero-order chi connectivity index (χ0) is 15.5. The van der Waals surface area contributed by atoms with Crippen LogP contribution in [0.15, 0.2) is 54.6 Å². The molecule has 110 valence electrons. The van der Waals surface area contributed by atoms with Crippen molar-refractivity contribution in [2.24, 2.45) is 5.73 Å². The standard InChI is InChI=1S/C18H16N2O2/c1-22-14-8-6-12(7-9-14)10-13-11-16(18(19)21)15-4-2-3-5-17(15)20-13/h2-9,11H,10H2,1H3,(H2,19,21). The third-order valence-corrected chi connectivity index (χ3v) is 3.58. The number of aromatic nitrogens is 1. The molecule has 4 nitrogen and oxygen atoms in total. The molecule has 0 spiro atoms. The zero-order valence-corrected chi connectivity index (χ0v) is 12.2. The highest BCUT2D eigenvalue weighted by Gasteiger charge is 2.10. The number of hydrogen-bond acceptors (Lipinski definition) is 3. The van der Waals surface area contributed by atoms with Gasteiger partial charge in [0.2, 0.25) is 5.91 Å². The molecule has 0 atom stereocenters. The van der Waals surface area contributed by atoms with Crippen LogP contribution in [0.1, 0.15) is 21.6 Å². The number of primary amides is 1. The van der Waals surface area contributed by atoms with E-state index in [-0.39, 0.29) is 0 Å². The summed E-state index contributed by atoms with van der Waals surface area (Å²) >= 11 is 0. The highest BCUT2D eigenvalue weighted by atomic mass is 16.5. The number of pyridine rings is 1. The second-order valence-electron chi connectivity index (χ2n) is 5.07. The van der Waals surface area contributed by atoms with Crippen molar-refractivity contribution in [1.29, 1.82) is 0 Å². The van der Waals surface area contributed by atoms with Gasteiger partial charge in [-0.05, 0) is 29.8 Å². The van der Waals surface area contributed by atoms with Crippen molar-refractivity contribution >= 4 is 16.8 Å². The molecule has 0 aliphatic heterocycles. The number of benzene rings is 2. The Morgan fingerprint density at radius 2 is 1.86 bits per heavy atom. The minimum absolute atomic E-state index is 0.436. The Morgan fingerprint density at radius 1 is 1.14 bits per heavy atom. The van der Waals surface area contributed by atoms with Crippen molar-refractivity contribution in [2.75, 3.05) is 7.11 Å². The molecular weight excluding hydrogens is 276 g/mol. The molecule has 0 aliphatic carbocycles. The third-order valence-electron chi connectivity index (χ3n) is 3.58. The van der Waals surface area contributed by atoms with E-state index in [9.17, 15) is 4.79 Å². The second-order valence-corrected chi connectivity index (χ2v) is 5.07. The summed E-state index contributed by atoms with van der Waals surface area (Å²) in [6, 6.07) is 17.1. The quantitative estimate of drug-likeness (QED) is 0.804. The first-order valence-corrected chi connectivity index (χ1v) is 6.99. The van der Waals surface area contributed by atoms with Crippen molar-refractivity contribution in [3.63, 3.8) is 0 Å². The number of carbonyl (C=O) groups excluding carboxylic acids is 1. The van der Waals surface area contributed by atoms with Crippen LogP contribution in [0.3, 0.4) is 0 Å². The molecule has 3 aromatic rings. The predicted octanol–water partition coefficient (Wildman–Crippen LogP) is 2.93. The van der Waals surface area contributed by atoms with Crippen LogP contribution in [-0.2, 0) is 6.42 Å². The molecule has 2 aromatic carbocycles. The highest BCUT2D eigenvalue weighted by Crippen LogP contribution is 2.20. The zero-order valence-electron chi connectivity index (χ0n) is 12.2. The average molecular weight is 292 g/mol. The van der Waals surface area contributed by atoms with Crippen LogP contribution in [0.5, 0.6) is 5.75 Å². The number of rotatable bonds is 4. The first-order chi connectivity index (χ1) is 10.7. The van der Waals surface area contributed by atoms with Crippen molar-refractivity contribution in [3.8, 4) is 5.75 Å². The summed E-state index contributed by atoms with van der Waals surface area (Å²) in [5.41, 5.74) is 8.70. The number of carbonyl (C=O) groups is 1. The lowest BCUT2D eigenvalue weighted by atomic mass is 10.0. The molecule has 1 heterocycles. The van der Waals surface area contributed by atoms with E-state index in [1.807, 2.05) is 48.5 Å². The summed E-state index contributed by atoms with van der Waals surface area (Å²) in [5.74, 6) is 0.377. The van der Waals surface area contributed by atoms with Crippen LogP contribution >= 0.6 is 0 Å². The van der Waals surface area contributed by atoms with Crippen molar-refractivity contribution in [3.05, 3.63) is 71.4 Å². The van der Waals surface area contributed by atoms with Gasteiger partial charge >= 0.3 is 0 Å². The van der Waals surface area contributed by atoms with Gasteiger partial charge in [0.15, 0.2) is 0 Å². The number of ether oxygens (including phenoxy) is 1. The summed E-state index contributed by atoms with van der Waals surface area (Å²) in [7, 11) is 1.64. The lowest BCUT2D eigenvalue weighted by Gasteiger charge is -2.08. The molecule has 1 amide bonds. The number of amides is 1. The smallest absolute Gasteiger partial charge is 0.249 e. The van der Waals surface area contributed by atoms with Crippen LogP contribution in [0, 0.1) is 0 Å². The molecule has 2 N–H and O–H groups in total. The van der Waals surface area contributed by atoms with Gasteiger partial charge in [0.05, 0.1) is 18.2 Å². The minimum atomic E-state index is -0.436. The topological polar surface area (TPSA) is 65.2 Å². The van der Waals surface area contributed by atoms with Gasteiger partial charge in [-0.3, -0.25) is 9.78 Å². The van der Waals surface area contributed by atoms with E-state index >= 15 is 0 Å². The molecule has 3 rings (SSSR count). The lowest BCUT2D eigenvalue weighted by molar-refractivity contribution is 0.100. The third kappa shape index (κ3) is 2.76. The Bertz CT molecular complexity index is 826. The average Bonchev–Trinajstić information content (AvgIpc) is 2.54. The van der Waals surface area contributed by atoms with E-state index < -0.39 is 5.91 Å². The maximum Gasteiger partial charge on any atom is 0.249 e. The van der Waals surface area contributed by atoms with Crippen molar-refractivity contribution in [2.45, 2.75) is 6.42 Å². The predicted molar refractivity (Wildman–Crippen MR) is 86.1 cm³/mol. The minimum Gasteiger partial charge on any atom is -0.497 e. The van der Waals surface area contributed by atoms with Gasteiger partial charge in [0.1, 0.15) is 5.75 Å². The summed E-state index contributed by atoms with van der Waals surface area (Å²) in [4.78, 5) is 16.3. The van der Waals surface area contributed by atoms with Crippen LogP contribution in [0.25, 0.3) is 10.9 Å². The maximum atomic E-state index is 11.7. The Balaban J connectivity index is 2.01. The fraction of sp³-hybridized carbons (Fsp3) is 0.111. The van der Waals surface area contributed by atoms with Gasteiger partial charge in [-0.25, -0.2) is 0 Å². The molecular formula is C18H16N2O2. The summed E-state index contributed by atoms with van der Waals surface area (Å²) in [6.07, 6.45) is 0.634. The Labute approximate surface area is 128 Å². The van der Waals surface area contributed by atoms with Crippen molar-refractivity contribution in [1.82, 2.24) is 4.98 Å². The van der Waals surface area contributed by atoms with Crippen molar-refractivity contribution < 1.29 is 9.53 Å². The number of fused-ring (bicyclic) bond motifs is 1. The van der Waals surface area contributed by atoms with E-state index in [0.29, 0.717) is 12.0 Å². The van der Waals surface area contributed by atoms with Crippen LogP contribution in [0.2, 0.25) is 0 Å². The lowest BCUT2D eigenvalue weighted by Crippen LogP contribution is -2.12. The van der Waals surface area contributed by atoms with Gasteiger partial charge in [-0.1, -0.05) is 30.3 Å². The maximum absolute atomic E-state index is 11.7. The molecule has 0 unspecified atom stereocenters. The highest BCUT2D eigenvalue weighted by molar-refractivity contribution is 6.05. The van der Waals surface area contributed by atoms with Gasteiger partial charge in [0.25, 0.3) is 0 Å². The Hall–Kier alpha value is -2.88. The van der Waals surface area contributed by atoms with Gasteiger partial charge in [-0.2, -0.15) is 0 Å². The Kier molecular flexibility index (Phi) is 3.74. The van der Waals surface area contributed by atoms with Gasteiger partial charge in [0, 0.05) is 17.5 Å². The SMILES string of the molecule is COc1ccc(Cc2cc(C(N)=O)c3ccccc3n2)cc1. The number of para-hydroxylation sites is 1. The van der Waals surface area contributed by atoms with Gasteiger partial charge < -0.3 is 10.5 Å². The Morgan fingerprint density at radius 3 is 2.55 bits per heavy atom. The number of nitrogens with zero attached hydrogens (tertiary/aromatic N) is 1. The first-order valence-electron chi connectivity index (χ1n) is 6.99. The molecule has 0 saturated carbocycles. The van der Waals surface area contributed by atoms with Crippen LogP contribution < -0.4 is 10.5 Å². The molecule has 0 saturated heterocycles. The number of methoxy groups -OCH3 is 1. The number of hydrogen-bond donors (Lipinski definition) is 1. The van der Waals surface area contributed by atoms with E-state index in [0.717, 1.165) is 27.9 Å². The largest absolute Gasteiger partial charge is 0.497 e. The molecule has 22 heavy (non-hydrogen) atoms. The molecule has 1 aromatic heterocycles. The van der Waals surface area contributed by atoms with E-state index in [1.54, 1.807) is 13.2 Å². The summed E-state index contributed by atoms with van der Waals surface area (Å²) < 4.78 is 5.15. The molecule has 4 heteroatoms. The normalized spacial score (nSPS) is 10.6. The summed E-state index contributed by atoms with van der Waals surface area (Å²) in [6.45, 7) is 0. The van der Waals surface area contributed by atoms with Crippen LogP contribution in [-0.4, -0.2) is 18.0 Å².